The number of hydrogen-bond donors (Lipinski definition) is 0. The summed E-state index contributed by atoms with van der Waals surface area (Å²) in [5.41, 5.74) is 14.7. The molecule has 0 saturated heterocycles. The van der Waals surface area contributed by atoms with E-state index >= 15 is 0 Å². The van der Waals surface area contributed by atoms with Crippen LogP contribution in [0.4, 0.5) is 0 Å². The number of benzene rings is 15. The van der Waals surface area contributed by atoms with Crippen molar-refractivity contribution < 1.29 is 6.85 Å². The molecule has 0 spiro atoms. The van der Waals surface area contributed by atoms with Gasteiger partial charge in [0.1, 0.15) is 0 Å². The van der Waals surface area contributed by atoms with E-state index in [1.165, 1.54) is 32.6 Å². The Bertz CT molecular complexity index is 6340. The molecule has 4 aromatic heterocycles. The Balaban J connectivity index is 0.000000147. The van der Waals surface area contributed by atoms with Crippen LogP contribution in [0.15, 0.2) is 352 Å². The average molecular weight is 1260 g/mol. The molecule has 0 aliphatic rings. The number of para-hydroxylation sites is 3. The van der Waals surface area contributed by atoms with Crippen LogP contribution in [0.5, 0.6) is 0 Å². The first kappa shape index (κ1) is 52.1. The molecule has 0 saturated carbocycles. The fourth-order valence-electron chi connectivity index (χ4n) is 13.7. The van der Waals surface area contributed by atoms with Crippen LogP contribution >= 0.6 is 0 Å². The zero-order valence-electron chi connectivity index (χ0n) is 57.7. The molecule has 0 radical (unpaired) electrons. The lowest BCUT2D eigenvalue weighted by atomic mass is 9.99. The van der Waals surface area contributed by atoms with E-state index in [9.17, 15) is 0 Å². The summed E-state index contributed by atoms with van der Waals surface area (Å²) in [4.78, 5) is 30.0. The van der Waals surface area contributed by atoms with Gasteiger partial charge < -0.3 is 9.13 Å². The molecule has 8 heteroatoms. The first-order valence-corrected chi connectivity index (χ1v) is 32.6. The molecule has 0 aliphatic heterocycles. The van der Waals surface area contributed by atoms with Gasteiger partial charge in [-0.15, -0.1) is 0 Å². The van der Waals surface area contributed by atoms with Gasteiger partial charge in [-0.05, 0) is 110 Å². The molecule has 0 atom stereocenters. The Hall–Kier alpha value is -13.3. The third-order valence-corrected chi connectivity index (χ3v) is 18.4. The summed E-state index contributed by atoms with van der Waals surface area (Å²) < 4.78 is 47.0. The minimum absolute atomic E-state index is 0.179. The summed E-state index contributed by atoms with van der Waals surface area (Å²) >= 11 is 0. The maximum Gasteiger partial charge on any atom is 0.164 e. The number of fused-ring (bicyclic) bond motifs is 9. The normalized spacial score (nSPS) is 12.2. The average Bonchev–Trinajstić information content (AvgIpc) is 1.60. The predicted octanol–water partition coefficient (Wildman–Crippen LogP) is 22.7. The molecular weight excluding hydrogens is 1190 g/mol. The summed E-state index contributed by atoms with van der Waals surface area (Å²) in [6.45, 7) is 0. The third-order valence-electron chi connectivity index (χ3n) is 18.4. The van der Waals surface area contributed by atoms with Gasteiger partial charge in [-0.25, -0.2) is 29.9 Å². The van der Waals surface area contributed by atoms with Crippen LogP contribution in [-0.4, -0.2) is 39.0 Å². The second-order valence-electron chi connectivity index (χ2n) is 24.2. The van der Waals surface area contributed by atoms with E-state index in [1.807, 2.05) is 115 Å². The first-order valence-electron chi connectivity index (χ1n) is 35.1. The Kier molecular flexibility index (Phi) is 13.1. The van der Waals surface area contributed by atoms with Crippen LogP contribution in [0.2, 0.25) is 0 Å². The first-order chi connectivity index (χ1) is 50.6. The van der Waals surface area contributed by atoms with Gasteiger partial charge >= 0.3 is 0 Å². The molecule has 15 aromatic carbocycles. The van der Waals surface area contributed by atoms with Crippen molar-refractivity contribution in [3.8, 4) is 102 Å². The standard InChI is InChI=1S/C47H30N4.C43H28N4/c1-3-12-35-28-38(26-22-31(35)10-1)46-48-45(49-47(50-46)39-27-23-32-11-2-4-13-36(32)29-39)34-24-20-33(21-25-34)37-14-9-15-40(30-37)51-43-18-7-5-16-41(43)42-17-6-8-19-44(42)51;1-4-15-29(16-5-1)32-24-14-26-39-40(32)36-23-12-13-25-37(36)47(39)38-28-27-35(33-21-10-11-22-34(33)38)43-45-41(30-17-6-2-7-18-30)44-42(46-43)31-19-8-3-9-20-31/h1-30H;1-28H/i;1D,4D,5D,15D,16D. The van der Waals surface area contributed by atoms with Crippen molar-refractivity contribution in [2.24, 2.45) is 0 Å². The molecule has 0 fully saturated rings. The lowest BCUT2D eigenvalue weighted by Crippen LogP contribution is -2.01. The summed E-state index contributed by atoms with van der Waals surface area (Å²) in [5, 5.41) is 10.8. The van der Waals surface area contributed by atoms with Gasteiger partial charge in [0.15, 0.2) is 34.9 Å². The molecule has 0 aliphatic carbocycles. The lowest BCUT2D eigenvalue weighted by molar-refractivity contribution is 1.07. The highest BCUT2D eigenvalue weighted by molar-refractivity contribution is 6.17. The van der Waals surface area contributed by atoms with Gasteiger partial charge in [-0.1, -0.05) is 291 Å². The van der Waals surface area contributed by atoms with E-state index < -0.39 is 6.04 Å². The highest BCUT2D eigenvalue weighted by Crippen LogP contribution is 2.42. The Labute approximate surface area is 572 Å². The molecule has 4 heterocycles. The van der Waals surface area contributed by atoms with Crippen molar-refractivity contribution in [3.05, 3.63) is 352 Å². The van der Waals surface area contributed by atoms with E-state index in [0.717, 1.165) is 99.2 Å². The van der Waals surface area contributed by atoms with E-state index in [-0.39, 0.29) is 29.7 Å². The molecule has 0 bridgehead atoms. The molecule has 0 unspecified atom stereocenters. The van der Waals surface area contributed by atoms with Gasteiger partial charge in [-0.3, -0.25) is 0 Å². The summed E-state index contributed by atoms with van der Waals surface area (Å²) in [6.07, 6.45) is 0. The van der Waals surface area contributed by atoms with Gasteiger partial charge in [0.05, 0.1) is 34.6 Å². The topological polar surface area (TPSA) is 87.2 Å². The van der Waals surface area contributed by atoms with Crippen molar-refractivity contribution in [1.82, 2.24) is 39.0 Å². The molecule has 19 aromatic rings. The molecule has 0 amide bonds. The summed E-state index contributed by atoms with van der Waals surface area (Å²) in [6, 6.07) is 108. The van der Waals surface area contributed by atoms with Crippen LogP contribution in [0.25, 0.3) is 178 Å². The molecule has 458 valence electrons. The maximum absolute atomic E-state index is 8.78. The Morgan fingerprint density at radius 3 is 1.22 bits per heavy atom. The number of aromatic nitrogens is 8. The SMILES string of the molecule is [2H]c1c([2H])c([2H])c(-c2cccc3c2c2ccccc2n3-c2ccc(-c3nc(-c4ccccc4)nc(-c4ccccc4)n3)c3ccccc23)c([2H])c1[2H].c1cc(-c2ccc(-c3nc(-c4ccc5ccccc5c4)nc(-c4ccc5ccccc5c4)n3)cc2)cc(-n2c3ccccc3c3ccccc32)c1. The lowest BCUT2D eigenvalue weighted by Gasteiger charge is -2.15. The van der Waals surface area contributed by atoms with E-state index in [1.54, 1.807) is 0 Å². The summed E-state index contributed by atoms with van der Waals surface area (Å²) in [5.74, 6) is 3.66. The van der Waals surface area contributed by atoms with Gasteiger partial charge in [0.25, 0.3) is 0 Å². The highest BCUT2D eigenvalue weighted by atomic mass is 15.0. The molecule has 0 N–H and O–H groups in total. The van der Waals surface area contributed by atoms with Crippen LogP contribution < -0.4 is 0 Å². The monoisotopic (exact) mass is 1260 g/mol. The highest BCUT2D eigenvalue weighted by Gasteiger charge is 2.22. The largest absolute Gasteiger partial charge is 0.309 e. The Morgan fingerprint density at radius 2 is 0.643 bits per heavy atom. The fourth-order valence-corrected chi connectivity index (χ4v) is 13.7. The molecule has 98 heavy (non-hydrogen) atoms. The zero-order chi connectivity index (χ0) is 69.2. The van der Waals surface area contributed by atoms with Gasteiger partial charge in [0.2, 0.25) is 0 Å². The van der Waals surface area contributed by atoms with E-state index in [0.29, 0.717) is 40.5 Å². The van der Waals surface area contributed by atoms with Crippen LogP contribution in [0, 0.1) is 0 Å². The van der Waals surface area contributed by atoms with Crippen molar-refractivity contribution in [2.75, 3.05) is 0 Å². The van der Waals surface area contributed by atoms with Crippen molar-refractivity contribution >= 4 is 75.9 Å². The minimum atomic E-state index is -0.412. The van der Waals surface area contributed by atoms with Crippen LogP contribution in [0.1, 0.15) is 6.85 Å². The second kappa shape index (κ2) is 24.6. The van der Waals surface area contributed by atoms with Crippen LogP contribution in [0.3, 0.4) is 0 Å². The number of rotatable bonds is 10. The predicted molar refractivity (Wildman–Crippen MR) is 404 cm³/mol. The zero-order valence-corrected chi connectivity index (χ0v) is 52.7. The van der Waals surface area contributed by atoms with Crippen molar-refractivity contribution in [1.29, 1.82) is 0 Å². The van der Waals surface area contributed by atoms with Crippen molar-refractivity contribution in [3.63, 3.8) is 0 Å². The fraction of sp³-hybridized carbons (Fsp3) is 0. The van der Waals surface area contributed by atoms with Gasteiger partial charge in [0, 0.05) is 66.0 Å². The second-order valence-corrected chi connectivity index (χ2v) is 24.2. The van der Waals surface area contributed by atoms with E-state index in [2.05, 4.69) is 215 Å². The quantitative estimate of drug-likeness (QED) is 0.136. The maximum atomic E-state index is 8.78. The molecular formula is C90H58N8. The van der Waals surface area contributed by atoms with Crippen LogP contribution in [-0.2, 0) is 0 Å². The van der Waals surface area contributed by atoms with Gasteiger partial charge in [-0.2, -0.15) is 0 Å². The van der Waals surface area contributed by atoms with Crippen molar-refractivity contribution in [2.45, 2.75) is 0 Å². The van der Waals surface area contributed by atoms with E-state index in [4.69, 9.17) is 36.8 Å². The smallest absolute Gasteiger partial charge is 0.164 e. The minimum Gasteiger partial charge on any atom is -0.309 e. The molecule has 19 rings (SSSR count). The summed E-state index contributed by atoms with van der Waals surface area (Å²) in [7, 11) is 0. The Morgan fingerprint density at radius 1 is 0.224 bits per heavy atom. The number of hydrogen-bond acceptors (Lipinski definition) is 6. The molecule has 8 nitrogen and oxygen atoms in total. The third kappa shape index (κ3) is 10.5. The number of nitrogens with zero attached hydrogens (tertiary/aromatic N) is 8.